The lowest BCUT2D eigenvalue weighted by Crippen LogP contribution is -2.13. The first-order valence-electron chi connectivity index (χ1n) is 5.54. The average Bonchev–Trinajstić information content (AvgIpc) is 2.38. The van der Waals surface area contributed by atoms with Crippen molar-refractivity contribution in [3.8, 4) is 11.8 Å². The maximum absolute atomic E-state index is 11.6. The van der Waals surface area contributed by atoms with Gasteiger partial charge in [-0.25, -0.2) is 8.42 Å². The number of hydrogen-bond donors (Lipinski definition) is 1. The summed E-state index contributed by atoms with van der Waals surface area (Å²) in [5.74, 6) is 0.611. The molecular weight excluding hydrogens is 300 g/mol. The molecule has 0 atom stereocenters. The lowest BCUT2D eigenvalue weighted by molar-refractivity contribution is 0.415. The molecule has 7 heteroatoms. The van der Waals surface area contributed by atoms with Crippen LogP contribution in [0.1, 0.15) is 5.56 Å². The van der Waals surface area contributed by atoms with Gasteiger partial charge in [-0.15, -0.1) is 0 Å². The zero-order valence-corrected chi connectivity index (χ0v) is 12.3. The number of ether oxygens (including phenoxy) is 1. The lowest BCUT2D eigenvalue weighted by atomic mass is 10.1. The molecule has 1 heterocycles. The predicted octanol–water partition coefficient (Wildman–Crippen LogP) is 2.48. The van der Waals surface area contributed by atoms with Crippen LogP contribution < -0.4 is 10.1 Å². The maximum Gasteiger partial charge on any atom is 0.187 e. The molecule has 0 radical (unpaired) electrons. The van der Waals surface area contributed by atoms with E-state index in [9.17, 15) is 8.42 Å². The molecule has 5 nitrogen and oxygen atoms in total. The number of methoxy groups -OCH3 is 1. The van der Waals surface area contributed by atoms with Crippen molar-refractivity contribution in [2.45, 2.75) is 0 Å². The van der Waals surface area contributed by atoms with Crippen molar-refractivity contribution in [2.75, 3.05) is 18.7 Å². The molecule has 0 aliphatic carbocycles. The highest BCUT2D eigenvalue weighted by Crippen LogP contribution is 2.35. The minimum atomic E-state index is -3.67. The number of nitrogens with zero attached hydrogens (tertiary/aromatic N) is 1. The van der Waals surface area contributed by atoms with Crippen LogP contribution in [0.25, 0.3) is 6.08 Å². The van der Waals surface area contributed by atoms with Crippen molar-refractivity contribution in [2.24, 2.45) is 0 Å². The Bertz CT molecular complexity index is 773. The van der Waals surface area contributed by atoms with E-state index in [1.165, 1.54) is 7.11 Å². The molecule has 0 amide bonds. The van der Waals surface area contributed by atoms with E-state index in [1.807, 2.05) is 0 Å². The summed E-state index contributed by atoms with van der Waals surface area (Å²) in [5, 5.41) is 12.1. The summed E-state index contributed by atoms with van der Waals surface area (Å²) in [6.07, 6.45) is 2.57. The molecule has 104 valence electrons. The predicted molar refractivity (Wildman–Crippen MR) is 77.9 cm³/mol. The van der Waals surface area contributed by atoms with Crippen molar-refractivity contribution < 1.29 is 13.2 Å². The Labute approximate surface area is 122 Å². The number of fused-ring (bicyclic) bond motifs is 1. The molecule has 20 heavy (non-hydrogen) atoms. The quantitative estimate of drug-likeness (QED) is 0.849. The first-order chi connectivity index (χ1) is 9.36. The van der Waals surface area contributed by atoms with Gasteiger partial charge in [0.25, 0.3) is 0 Å². The van der Waals surface area contributed by atoms with Crippen molar-refractivity contribution in [1.82, 2.24) is 0 Å². The summed E-state index contributed by atoms with van der Waals surface area (Å²) in [6.45, 7) is 0. The van der Waals surface area contributed by atoms with Crippen LogP contribution in [0, 0.1) is 11.3 Å². The van der Waals surface area contributed by atoms with Crippen LogP contribution in [0.4, 0.5) is 5.69 Å². The molecule has 0 bridgehead atoms. The third-order valence-electron chi connectivity index (χ3n) is 2.74. The van der Waals surface area contributed by atoms with E-state index < -0.39 is 14.7 Å². The zero-order chi connectivity index (χ0) is 14.9. The Morgan fingerprint density at radius 3 is 2.70 bits per heavy atom. The first-order valence-corrected chi connectivity index (χ1v) is 7.81. The molecule has 1 N–H and O–H groups in total. The Morgan fingerprint density at radius 2 is 2.15 bits per heavy atom. The Morgan fingerprint density at radius 1 is 1.45 bits per heavy atom. The minimum absolute atomic E-state index is 0.0809. The van der Waals surface area contributed by atoms with Crippen LogP contribution in [0.15, 0.2) is 33.8 Å². The summed E-state index contributed by atoms with van der Waals surface area (Å²) in [6, 6.07) is 6.92. The topological polar surface area (TPSA) is 79.2 Å². The normalized spacial score (nSPS) is 16.4. The van der Waals surface area contributed by atoms with Crippen molar-refractivity contribution in [3.63, 3.8) is 0 Å². The highest BCUT2D eigenvalue weighted by atomic mass is 35.5. The second-order valence-electron chi connectivity index (χ2n) is 4.16. The van der Waals surface area contributed by atoms with Gasteiger partial charge >= 0.3 is 0 Å². The van der Waals surface area contributed by atoms with E-state index in [4.69, 9.17) is 21.6 Å². The third-order valence-corrected chi connectivity index (χ3v) is 4.08. The molecule has 0 saturated heterocycles. The van der Waals surface area contributed by atoms with E-state index in [0.717, 1.165) is 11.8 Å². The Balaban J connectivity index is 2.64. The summed E-state index contributed by atoms with van der Waals surface area (Å²) in [7, 11) is -2.14. The van der Waals surface area contributed by atoms with Crippen molar-refractivity contribution >= 4 is 33.2 Å². The number of anilines is 1. The number of hydrogen-bond acceptors (Lipinski definition) is 5. The number of allylic oxidation sites excluding steroid dienone is 2. The Kier molecular flexibility index (Phi) is 3.75. The number of rotatable bonds is 2. The number of nitriles is 1. The fraction of sp³-hybridized carbons (Fsp3) is 0.154. The van der Waals surface area contributed by atoms with Gasteiger partial charge in [0, 0.05) is 18.0 Å². The molecule has 0 fully saturated rings. The van der Waals surface area contributed by atoms with Gasteiger partial charge in [-0.05, 0) is 23.8 Å². The summed E-state index contributed by atoms with van der Waals surface area (Å²) in [5.41, 5.74) is 1.49. The molecular formula is C13H11ClN2O3S. The second kappa shape index (κ2) is 5.19. The fourth-order valence-electron chi connectivity index (χ4n) is 1.79. The van der Waals surface area contributed by atoms with Crippen LogP contribution >= 0.6 is 11.6 Å². The molecule has 1 aromatic carbocycles. The largest absolute Gasteiger partial charge is 0.497 e. The van der Waals surface area contributed by atoms with Gasteiger partial charge in [-0.1, -0.05) is 11.6 Å². The smallest absolute Gasteiger partial charge is 0.187 e. The summed E-state index contributed by atoms with van der Waals surface area (Å²) < 4.78 is 28.3. The molecule has 2 rings (SSSR count). The third kappa shape index (κ3) is 2.64. The van der Waals surface area contributed by atoms with Gasteiger partial charge in [0.2, 0.25) is 0 Å². The Hall–Kier alpha value is -1.97. The van der Waals surface area contributed by atoms with Gasteiger partial charge in [0.05, 0.1) is 17.8 Å². The minimum Gasteiger partial charge on any atom is -0.497 e. The van der Waals surface area contributed by atoms with Gasteiger partial charge in [-0.2, -0.15) is 5.26 Å². The highest BCUT2D eigenvalue weighted by Gasteiger charge is 2.23. The van der Waals surface area contributed by atoms with Gasteiger partial charge in [0.1, 0.15) is 11.8 Å². The van der Waals surface area contributed by atoms with E-state index in [1.54, 1.807) is 30.3 Å². The average molecular weight is 311 g/mol. The number of nitrogens with one attached hydrogen (secondary N) is 1. The second-order valence-corrected chi connectivity index (χ2v) is 6.52. The molecule has 1 aromatic rings. The lowest BCUT2D eigenvalue weighted by Gasteiger charge is -2.20. The van der Waals surface area contributed by atoms with E-state index in [0.29, 0.717) is 11.4 Å². The molecule has 0 unspecified atom stereocenters. The molecule has 0 spiro atoms. The van der Waals surface area contributed by atoms with E-state index in [2.05, 4.69) is 5.32 Å². The van der Waals surface area contributed by atoms with Crippen LogP contribution in [0.3, 0.4) is 0 Å². The van der Waals surface area contributed by atoms with Crippen LogP contribution in [-0.4, -0.2) is 21.8 Å². The monoisotopic (exact) mass is 310 g/mol. The summed E-state index contributed by atoms with van der Waals surface area (Å²) in [4.78, 5) is -0.396. The molecule has 1 aliphatic rings. The standard InChI is InChI=1S/C13H11ClN2O3S/c1-19-9-4-3-8-5-10(14)13(16-11(8)6-9)12(7-15)20(2,17)18/h3-6,16H,1-2H3/b13-12+. The van der Waals surface area contributed by atoms with Gasteiger partial charge in [0.15, 0.2) is 14.7 Å². The van der Waals surface area contributed by atoms with Gasteiger partial charge in [-0.3, -0.25) is 0 Å². The zero-order valence-electron chi connectivity index (χ0n) is 10.8. The maximum atomic E-state index is 11.6. The SMILES string of the molecule is COc1ccc2c(c1)N/C(=C(\C#N)S(C)(=O)=O)C(Cl)=C2. The van der Waals surface area contributed by atoms with Crippen molar-refractivity contribution in [3.05, 3.63) is 39.4 Å². The van der Waals surface area contributed by atoms with Crippen molar-refractivity contribution in [1.29, 1.82) is 5.26 Å². The van der Waals surface area contributed by atoms with Crippen LogP contribution in [0.5, 0.6) is 5.75 Å². The molecule has 0 aromatic heterocycles. The molecule has 0 saturated carbocycles. The van der Waals surface area contributed by atoms with Crippen LogP contribution in [0.2, 0.25) is 0 Å². The first kappa shape index (κ1) is 14.4. The van der Waals surface area contributed by atoms with E-state index in [-0.39, 0.29) is 10.7 Å². The number of halogens is 1. The fourth-order valence-corrected chi connectivity index (χ4v) is 2.80. The highest BCUT2D eigenvalue weighted by molar-refractivity contribution is 7.94. The van der Waals surface area contributed by atoms with Gasteiger partial charge < -0.3 is 10.1 Å². The van der Waals surface area contributed by atoms with Crippen LogP contribution in [-0.2, 0) is 9.84 Å². The number of sulfone groups is 1. The van der Waals surface area contributed by atoms with E-state index >= 15 is 0 Å². The molecule has 1 aliphatic heterocycles. The summed E-state index contributed by atoms with van der Waals surface area (Å²) >= 11 is 6.06. The number of benzene rings is 1.